The van der Waals surface area contributed by atoms with E-state index in [0.717, 1.165) is 18.7 Å². The number of pyridine rings is 1. The molecule has 0 atom stereocenters. The minimum absolute atomic E-state index is 0.0542. The summed E-state index contributed by atoms with van der Waals surface area (Å²) in [5.41, 5.74) is 0.448. The number of benzene rings is 1. The molecule has 122 valence electrons. The lowest BCUT2D eigenvalue weighted by atomic mass is 10.1. The number of hydrogen-bond donors (Lipinski definition) is 1. The summed E-state index contributed by atoms with van der Waals surface area (Å²) in [5, 5.41) is 13.3. The fourth-order valence-corrected chi connectivity index (χ4v) is 1.85. The average Bonchev–Trinajstić information content (AvgIpc) is 2.60. The number of methoxy groups -OCH3 is 1. The van der Waals surface area contributed by atoms with Crippen molar-refractivity contribution in [1.82, 2.24) is 4.98 Å². The van der Waals surface area contributed by atoms with Crippen molar-refractivity contribution in [2.75, 3.05) is 12.4 Å². The summed E-state index contributed by atoms with van der Waals surface area (Å²) < 4.78 is 4.40. The number of aromatic nitrogens is 1. The first kappa shape index (κ1) is 16.8. The third kappa shape index (κ3) is 4.23. The zero-order valence-corrected chi connectivity index (χ0v) is 12.6. The molecule has 0 aliphatic rings. The SMILES string of the molecule is COC(=O)Nc1ccc(C(=O)/C=C/c2ccncc2)cc1[N+](=O)[O-]. The summed E-state index contributed by atoms with van der Waals surface area (Å²) in [6.45, 7) is 0. The van der Waals surface area contributed by atoms with Crippen LogP contribution in [0, 0.1) is 10.1 Å². The van der Waals surface area contributed by atoms with Crippen LogP contribution < -0.4 is 5.32 Å². The number of carbonyl (C=O) groups excluding carboxylic acids is 2. The van der Waals surface area contributed by atoms with Gasteiger partial charge in [0, 0.05) is 24.0 Å². The molecule has 0 fully saturated rings. The number of anilines is 1. The number of nitro groups is 1. The molecule has 0 aliphatic carbocycles. The van der Waals surface area contributed by atoms with Crippen molar-refractivity contribution in [3.63, 3.8) is 0 Å². The molecule has 0 aliphatic heterocycles. The molecule has 0 unspecified atom stereocenters. The van der Waals surface area contributed by atoms with E-state index in [9.17, 15) is 19.7 Å². The van der Waals surface area contributed by atoms with Crippen LogP contribution >= 0.6 is 0 Å². The summed E-state index contributed by atoms with van der Waals surface area (Å²) in [6, 6.07) is 7.20. The number of ether oxygens (including phenoxy) is 1. The highest BCUT2D eigenvalue weighted by Crippen LogP contribution is 2.26. The maximum Gasteiger partial charge on any atom is 0.411 e. The van der Waals surface area contributed by atoms with Gasteiger partial charge in [0.05, 0.1) is 12.0 Å². The van der Waals surface area contributed by atoms with E-state index in [4.69, 9.17) is 0 Å². The number of nitro benzene ring substituents is 1. The van der Waals surface area contributed by atoms with Crippen LogP contribution in [0.2, 0.25) is 0 Å². The zero-order chi connectivity index (χ0) is 17.5. The molecular weight excluding hydrogens is 314 g/mol. The number of allylic oxidation sites excluding steroid dienone is 1. The average molecular weight is 327 g/mol. The molecule has 0 saturated heterocycles. The third-order valence-electron chi connectivity index (χ3n) is 3.03. The fraction of sp³-hybridized carbons (Fsp3) is 0.0625. The van der Waals surface area contributed by atoms with Crippen LogP contribution in [0.4, 0.5) is 16.2 Å². The van der Waals surface area contributed by atoms with Gasteiger partial charge in [0.25, 0.3) is 5.69 Å². The highest BCUT2D eigenvalue weighted by Gasteiger charge is 2.18. The molecule has 0 bridgehead atoms. The molecule has 1 aromatic carbocycles. The molecule has 0 radical (unpaired) electrons. The second kappa shape index (κ2) is 7.63. The standard InChI is InChI=1S/C16H13N3O5/c1-24-16(21)18-13-4-3-12(10-14(13)19(22)23)15(20)5-2-11-6-8-17-9-7-11/h2-10H,1H3,(H,18,21)/b5-2+. The molecule has 1 N–H and O–H groups in total. The van der Waals surface area contributed by atoms with E-state index in [1.54, 1.807) is 30.6 Å². The van der Waals surface area contributed by atoms with E-state index in [-0.39, 0.29) is 11.3 Å². The van der Waals surface area contributed by atoms with Gasteiger partial charge in [0.2, 0.25) is 0 Å². The van der Waals surface area contributed by atoms with E-state index in [1.807, 2.05) is 0 Å². The van der Waals surface area contributed by atoms with Crippen LogP contribution in [-0.2, 0) is 4.74 Å². The van der Waals surface area contributed by atoms with Gasteiger partial charge in [-0.25, -0.2) is 4.79 Å². The largest absolute Gasteiger partial charge is 0.453 e. The molecule has 8 heteroatoms. The number of ketones is 1. The van der Waals surface area contributed by atoms with E-state index in [1.165, 1.54) is 18.2 Å². The lowest BCUT2D eigenvalue weighted by Gasteiger charge is -2.05. The second-order valence-corrected chi connectivity index (χ2v) is 4.58. The van der Waals surface area contributed by atoms with Crippen molar-refractivity contribution in [2.24, 2.45) is 0 Å². The van der Waals surface area contributed by atoms with Gasteiger partial charge in [-0.15, -0.1) is 0 Å². The van der Waals surface area contributed by atoms with Crippen LogP contribution in [-0.4, -0.2) is 28.9 Å². The van der Waals surface area contributed by atoms with Crippen LogP contribution in [0.1, 0.15) is 15.9 Å². The number of nitrogens with one attached hydrogen (secondary N) is 1. The molecule has 24 heavy (non-hydrogen) atoms. The minimum Gasteiger partial charge on any atom is -0.453 e. The lowest BCUT2D eigenvalue weighted by Crippen LogP contribution is -2.12. The van der Waals surface area contributed by atoms with Gasteiger partial charge in [0.1, 0.15) is 5.69 Å². The van der Waals surface area contributed by atoms with Crippen LogP contribution in [0.3, 0.4) is 0 Å². The first-order valence-corrected chi connectivity index (χ1v) is 6.77. The Hall–Kier alpha value is -3.55. The predicted octanol–water partition coefficient (Wildman–Crippen LogP) is 3.06. The Balaban J connectivity index is 2.26. The normalized spacial score (nSPS) is 10.4. The highest BCUT2D eigenvalue weighted by atomic mass is 16.6. The van der Waals surface area contributed by atoms with Gasteiger partial charge in [-0.3, -0.25) is 25.2 Å². The molecule has 1 amide bonds. The Labute approximate surface area is 136 Å². The number of rotatable bonds is 5. The number of amides is 1. The molecule has 0 saturated carbocycles. The summed E-state index contributed by atoms with van der Waals surface area (Å²) >= 11 is 0. The maximum atomic E-state index is 12.1. The molecular formula is C16H13N3O5. The molecule has 2 aromatic rings. The quantitative estimate of drug-likeness (QED) is 0.391. The summed E-state index contributed by atoms with van der Waals surface area (Å²) in [5.74, 6) is -0.403. The number of hydrogen-bond acceptors (Lipinski definition) is 6. The van der Waals surface area contributed by atoms with E-state index >= 15 is 0 Å². The van der Waals surface area contributed by atoms with Crippen molar-refractivity contribution in [2.45, 2.75) is 0 Å². The van der Waals surface area contributed by atoms with Crippen molar-refractivity contribution in [1.29, 1.82) is 0 Å². The summed E-state index contributed by atoms with van der Waals surface area (Å²) in [7, 11) is 1.14. The van der Waals surface area contributed by atoms with Gasteiger partial charge in [-0.05, 0) is 35.9 Å². The molecule has 1 aromatic heterocycles. The minimum atomic E-state index is -0.838. The lowest BCUT2D eigenvalue weighted by molar-refractivity contribution is -0.383. The molecule has 0 spiro atoms. The zero-order valence-electron chi connectivity index (χ0n) is 12.6. The Morgan fingerprint density at radius 3 is 2.58 bits per heavy atom. The van der Waals surface area contributed by atoms with Crippen LogP contribution in [0.25, 0.3) is 6.08 Å². The van der Waals surface area contributed by atoms with Crippen LogP contribution in [0.15, 0.2) is 48.8 Å². The number of carbonyl (C=O) groups is 2. The predicted molar refractivity (Wildman–Crippen MR) is 86.7 cm³/mol. The van der Waals surface area contributed by atoms with Crippen LogP contribution in [0.5, 0.6) is 0 Å². The van der Waals surface area contributed by atoms with Crippen molar-refractivity contribution >= 4 is 29.3 Å². The Kier molecular flexibility index (Phi) is 5.35. The first-order chi connectivity index (χ1) is 11.5. The third-order valence-corrected chi connectivity index (χ3v) is 3.03. The second-order valence-electron chi connectivity index (χ2n) is 4.58. The van der Waals surface area contributed by atoms with E-state index in [0.29, 0.717) is 0 Å². The Morgan fingerprint density at radius 2 is 1.96 bits per heavy atom. The smallest absolute Gasteiger partial charge is 0.411 e. The van der Waals surface area contributed by atoms with Gasteiger partial charge in [0.15, 0.2) is 5.78 Å². The Morgan fingerprint density at radius 1 is 1.25 bits per heavy atom. The monoisotopic (exact) mass is 327 g/mol. The molecule has 2 rings (SSSR count). The topological polar surface area (TPSA) is 111 Å². The number of nitrogens with zero attached hydrogens (tertiary/aromatic N) is 2. The van der Waals surface area contributed by atoms with Gasteiger partial charge in [-0.2, -0.15) is 0 Å². The van der Waals surface area contributed by atoms with Crippen molar-refractivity contribution in [3.8, 4) is 0 Å². The summed E-state index contributed by atoms with van der Waals surface area (Å²) in [6.07, 6.45) is 5.22. The molecule has 1 heterocycles. The fourth-order valence-electron chi connectivity index (χ4n) is 1.85. The maximum absolute atomic E-state index is 12.1. The van der Waals surface area contributed by atoms with Crippen molar-refractivity contribution in [3.05, 3.63) is 70.0 Å². The van der Waals surface area contributed by atoms with Crippen molar-refractivity contribution < 1.29 is 19.2 Å². The summed E-state index contributed by atoms with van der Waals surface area (Å²) in [4.78, 5) is 37.6. The van der Waals surface area contributed by atoms with Gasteiger partial charge >= 0.3 is 6.09 Å². The first-order valence-electron chi connectivity index (χ1n) is 6.77. The highest BCUT2D eigenvalue weighted by molar-refractivity contribution is 6.07. The molecule has 8 nitrogen and oxygen atoms in total. The van der Waals surface area contributed by atoms with Gasteiger partial charge in [-0.1, -0.05) is 6.08 Å². The van der Waals surface area contributed by atoms with E-state index in [2.05, 4.69) is 15.0 Å². The van der Waals surface area contributed by atoms with Gasteiger partial charge < -0.3 is 4.74 Å². The Bertz CT molecular complexity index is 803. The van der Waals surface area contributed by atoms with E-state index < -0.39 is 22.5 Å².